The van der Waals surface area contributed by atoms with E-state index >= 15 is 0 Å². The highest BCUT2D eigenvalue weighted by Crippen LogP contribution is 2.19. The molecule has 2 heterocycles. The molecule has 2 aromatic heterocycles. The fraction of sp³-hybridized carbons (Fsp3) is 0.0556. The van der Waals surface area contributed by atoms with E-state index in [0.29, 0.717) is 34.1 Å². The number of hydrogen-bond acceptors (Lipinski definition) is 6. The summed E-state index contributed by atoms with van der Waals surface area (Å²) in [7, 11) is 0. The van der Waals surface area contributed by atoms with Crippen molar-refractivity contribution in [2.45, 2.75) is 6.92 Å². The molecule has 1 N–H and O–H groups in total. The van der Waals surface area contributed by atoms with Gasteiger partial charge in [-0.05, 0) is 37.3 Å². The molecule has 0 aliphatic rings. The number of nitrogens with one attached hydrogen (secondary N) is 1. The van der Waals surface area contributed by atoms with Gasteiger partial charge in [-0.15, -0.1) is 5.10 Å². The van der Waals surface area contributed by atoms with Crippen LogP contribution in [0, 0.1) is 5.82 Å². The van der Waals surface area contributed by atoms with Crippen molar-refractivity contribution in [1.82, 2.24) is 25.0 Å². The van der Waals surface area contributed by atoms with Crippen LogP contribution in [-0.4, -0.2) is 30.7 Å². The zero-order valence-electron chi connectivity index (χ0n) is 13.7. The number of carbonyl (C=O) groups is 1. The number of carbonyl (C=O) groups excluding carboxylic acids is 1. The Morgan fingerprint density at radius 1 is 1.15 bits per heavy atom. The molecule has 4 aromatic rings. The minimum Gasteiger partial charge on any atom is -0.324 e. The lowest BCUT2D eigenvalue weighted by molar-refractivity contribution is 0.101. The minimum absolute atomic E-state index is 0.0293. The predicted molar refractivity (Wildman–Crippen MR) is 94.1 cm³/mol. The summed E-state index contributed by atoms with van der Waals surface area (Å²) in [4.78, 5) is 20.1. The molecule has 0 aliphatic heterocycles. The molecule has 0 aliphatic carbocycles. The molecule has 0 amide bonds. The lowest BCUT2D eigenvalue weighted by Gasteiger charge is -2.06. The number of halogens is 1. The van der Waals surface area contributed by atoms with Crippen LogP contribution < -0.4 is 5.32 Å². The molecule has 0 fully saturated rings. The maximum atomic E-state index is 13.5. The Morgan fingerprint density at radius 2 is 2.00 bits per heavy atom. The highest BCUT2D eigenvalue weighted by atomic mass is 19.1. The average Bonchev–Trinajstić information content (AvgIpc) is 3.05. The minimum atomic E-state index is -0.375. The predicted octanol–water partition coefficient (Wildman–Crippen LogP) is 3.30. The number of anilines is 2. The molecule has 0 atom stereocenters. The normalized spacial score (nSPS) is 10.8. The van der Waals surface area contributed by atoms with Crippen LogP contribution >= 0.6 is 0 Å². The lowest BCUT2D eigenvalue weighted by atomic mass is 10.1. The number of hydrogen-bond donors (Lipinski definition) is 1. The zero-order chi connectivity index (χ0) is 18.1. The maximum absolute atomic E-state index is 13.5. The highest BCUT2D eigenvalue weighted by Gasteiger charge is 2.11. The van der Waals surface area contributed by atoms with Crippen LogP contribution in [0.25, 0.3) is 16.9 Å². The van der Waals surface area contributed by atoms with Gasteiger partial charge in [0.2, 0.25) is 5.95 Å². The standard InChI is InChI=1S/C18H13FN6O/c1-11(26)12-4-2-6-14(8-12)21-18-20-10-16-17(22-18)25(24-23-16)15-7-3-5-13(19)9-15/h2-10H,1H3,(H,20,21,22). The summed E-state index contributed by atoms with van der Waals surface area (Å²) < 4.78 is 14.9. The van der Waals surface area contributed by atoms with E-state index in [9.17, 15) is 9.18 Å². The number of aromatic nitrogens is 5. The van der Waals surface area contributed by atoms with Gasteiger partial charge in [0.05, 0.1) is 11.9 Å². The number of benzene rings is 2. The largest absolute Gasteiger partial charge is 0.324 e. The Hall–Kier alpha value is -3.68. The van der Waals surface area contributed by atoms with Crippen molar-refractivity contribution in [2.75, 3.05) is 5.32 Å². The van der Waals surface area contributed by atoms with Crippen molar-refractivity contribution in [3.05, 3.63) is 66.1 Å². The fourth-order valence-electron chi connectivity index (χ4n) is 2.52. The van der Waals surface area contributed by atoms with E-state index in [1.807, 2.05) is 6.07 Å². The van der Waals surface area contributed by atoms with Gasteiger partial charge in [0.25, 0.3) is 0 Å². The molecule has 8 heteroatoms. The Bertz CT molecular complexity index is 1120. The smallest absolute Gasteiger partial charge is 0.229 e. The van der Waals surface area contributed by atoms with Crippen molar-refractivity contribution in [2.24, 2.45) is 0 Å². The highest BCUT2D eigenvalue weighted by molar-refractivity contribution is 5.95. The van der Waals surface area contributed by atoms with Gasteiger partial charge in [0.1, 0.15) is 5.82 Å². The molecule has 7 nitrogen and oxygen atoms in total. The zero-order valence-corrected chi connectivity index (χ0v) is 13.7. The van der Waals surface area contributed by atoms with Gasteiger partial charge in [-0.2, -0.15) is 9.67 Å². The van der Waals surface area contributed by atoms with Gasteiger partial charge in [-0.25, -0.2) is 9.37 Å². The van der Waals surface area contributed by atoms with E-state index in [1.165, 1.54) is 29.9 Å². The van der Waals surface area contributed by atoms with Crippen LogP contribution in [0.4, 0.5) is 16.0 Å². The molecule has 0 saturated carbocycles. The van der Waals surface area contributed by atoms with E-state index in [-0.39, 0.29) is 11.6 Å². The Kier molecular flexibility index (Phi) is 3.85. The maximum Gasteiger partial charge on any atom is 0.229 e. The first-order valence-corrected chi connectivity index (χ1v) is 7.82. The van der Waals surface area contributed by atoms with Crippen molar-refractivity contribution in [1.29, 1.82) is 0 Å². The summed E-state index contributed by atoms with van der Waals surface area (Å²) >= 11 is 0. The first-order chi connectivity index (χ1) is 12.6. The topological polar surface area (TPSA) is 85.6 Å². The molecular formula is C18H13FN6O. The summed E-state index contributed by atoms with van der Waals surface area (Å²) in [6.07, 6.45) is 1.53. The molecule has 4 rings (SSSR count). The first kappa shape index (κ1) is 15.8. The number of nitrogens with zero attached hydrogens (tertiary/aromatic N) is 5. The van der Waals surface area contributed by atoms with Crippen LogP contribution in [0.5, 0.6) is 0 Å². The van der Waals surface area contributed by atoms with Crippen LogP contribution in [0.15, 0.2) is 54.7 Å². The molecule has 0 bridgehead atoms. The van der Waals surface area contributed by atoms with Crippen LogP contribution in [0.1, 0.15) is 17.3 Å². The first-order valence-electron chi connectivity index (χ1n) is 7.82. The van der Waals surface area contributed by atoms with E-state index in [1.54, 1.807) is 30.3 Å². The Labute approximate surface area is 147 Å². The van der Waals surface area contributed by atoms with Gasteiger partial charge < -0.3 is 5.32 Å². The SMILES string of the molecule is CC(=O)c1cccc(Nc2ncc3nnn(-c4cccc(F)c4)c3n2)c1. The molecule has 26 heavy (non-hydrogen) atoms. The second-order valence-electron chi connectivity index (χ2n) is 5.65. The summed E-state index contributed by atoms with van der Waals surface area (Å²) in [6.45, 7) is 1.50. The van der Waals surface area contributed by atoms with E-state index in [4.69, 9.17) is 0 Å². The molecule has 0 radical (unpaired) electrons. The number of rotatable bonds is 4. The lowest BCUT2D eigenvalue weighted by Crippen LogP contribution is -2.02. The van der Waals surface area contributed by atoms with Crippen LogP contribution in [0.2, 0.25) is 0 Å². The van der Waals surface area contributed by atoms with Crippen LogP contribution in [0.3, 0.4) is 0 Å². The second-order valence-corrected chi connectivity index (χ2v) is 5.65. The molecule has 0 saturated heterocycles. The number of Topliss-reactive ketones (excluding diaryl/α,β-unsaturated/α-hetero) is 1. The van der Waals surface area contributed by atoms with Gasteiger partial charge in [0.15, 0.2) is 16.9 Å². The van der Waals surface area contributed by atoms with Gasteiger partial charge >= 0.3 is 0 Å². The van der Waals surface area contributed by atoms with Crippen molar-refractivity contribution >= 4 is 28.6 Å². The summed E-state index contributed by atoms with van der Waals surface area (Å²) in [5, 5.41) is 11.1. The average molecular weight is 348 g/mol. The quantitative estimate of drug-likeness (QED) is 0.570. The summed E-state index contributed by atoms with van der Waals surface area (Å²) in [5.74, 6) is -0.0869. The molecule has 2 aromatic carbocycles. The number of ketones is 1. The van der Waals surface area contributed by atoms with E-state index < -0.39 is 0 Å². The molecular weight excluding hydrogens is 335 g/mol. The van der Waals surface area contributed by atoms with Gasteiger partial charge in [-0.3, -0.25) is 4.79 Å². The monoisotopic (exact) mass is 348 g/mol. The van der Waals surface area contributed by atoms with E-state index in [2.05, 4.69) is 25.6 Å². The third-order valence-corrected chi connectivity index (χ3v) is 3.77. The van der Waals surface area contributed by atoms with Crippen molar-refractivity contribution in [3.63, 3.8) is 0 Å². The second kappa shape index (κ2) is 6.32. The molecule has 0 spiro atoms. The summed E-state index contributed by atoms with van der Waals surface area (Å²) in [5.41, 5.74) is 2.70. The van der Waals surface area contributed by atoms with E-state index in [0.717, 1.165) is 0 Å². The Morgan fingerprint density at radius 3 is 2.81 bits per heavy atom. The van der Waals surface area contributed by atoms with Crippen molar-refractivity contribution < 1.29 is 9.18 Å². The van der Waals surface area contributed by atoms with Gasteiger partial charge in [0, 0.05) is 11.3 Å². The van der Waals surface area contributed by atoms with Crippen molar-refractivity contribution in [3.8, 4) is 5.69 Å². The third kappa shape index (κ3) is 3.00. The van der Waals surface area contributed by atoms with Gasteiger partial charge in [-0.1, -0.05) is 23.4 Å². The number of fused-ring (bicyclic) bond motifs is 1. The molecule has 128 valence electrons. The van der Waals surface area contributed by atoms with Crippen LogP contribution in [-0.2, 0) is 0 Å². The fourth-order valence-corrected chi connectivity index (χ4v) is 2.52. The Balaban J connectivity index is 1.72. The molecule has 0 unspecified atom stereocenters. The third-order valence-electron chi connectivity index (χ3n) is 3.77. The summed E-state index contributed by atoms with van der Waals surface area (Å²) in [6, 6.07) is 13.0.